The third kappa shape index (κ3) is 3.70. The van der Waals surface area contributed by atoms with Gasteiger partial charge in [0.1, 0.15) is 0 Å². The van der Waals surface area contributed by atoms with Crippen LogP contribution in [-0.4, -0.2) is 18.3 Å². The van der Waals surface area contributed by atoms with Crippen LogP contribution in [0.2, 0.25) is 4.34 Å². The standard InChI is InChI=1S/C9H9Cl2NOS/c10-5-1-2-6-12-9(13)7-3-4-8(11)14-7/h1-4H,5-6H2,(H,12,13)/b2-1+. The number of hydrogen-bond donors (Lipinski definition) is 1. The molecule has 1 amide bonds. The van der Waals surface area contributed by atoms with Crippen molar-refractivity contribution in [1.29, 1.82) is 0 Å². The van der Waals surface area contributed by atoms with Gasteiger partial charge in [0.15, 0.2) is 0 Å². The van der Waals surface area contributed by atoms with Crippen molar-refractivity contribution in [2.45, 2.75) is 0 Å². The van der Waals surface area contributed by atoms with Crippen LogP contribution in [0.4, 0.5) is 0 Å². The Hall–Kier alpha value is -0.510. The Morgan fingerprint density at radius 2 is 2.29 bits per heavy atom. The van der Waals surface area contributed by atoms with Crippen LogP contribution in [0.25, 0.3) is 0 Å². The average Bonchev–Trinajstić information content (AvgIpc) is 2.59. The van der Waals surface area contributed by atoms with Crippen LogP contribution < -0.4 is 5.32 Å². The third-order valence-corrected chi connectivity index (χ3v) is 2.84. The summed E-state index contributed by atoms with van der Waals surface area (Å²) >= 11 is 12.4. The van der Waals surface area contributed by atoms with Crippen molar-refractivity contribution < 1.29 is 4.79 Å². The minimum Gasteiger partial charge on any atom is -0.348 e. The van der Waals surface area contributed by atoms with Crippen molar-refractivity contribution in [3.05, 3.63) is 33.5 Å². The molecule has 1 rings (SSSR count). The quantitative estimate of drug-likeness (QED) is 0.646. The zero-order valence-corrected chi connectivity index (χ0v) is 9.62. The van der Waals surface area contributed by atoms with Crippen LogP contribution in [-0.2, 0) is 0 Å². The molecule has 2 nitrogen and oxygen atoms in total. The molecule has 0 aliphatic heterocycles. The predicted molar refractivity (Wildman–Crippen MR) is 61.5 cm³/mol. The highest BCUT2D eigenvalue weighted by Crippen LogP contribution is 2.20. The first-order chi connectivity index (χ1) is 6.74. The molecule has 0 unspecified atom stereocenters. The molecule has 0 radical (unpaired) electrons. The van der Waals surface area contributed by atoms with Gasteiger partial charge in [-0.25, -0.2) is 0 Å². The van der Waals surface area contributed by atoms with Gasteiger partial charge in [-0.05, 0) is 12.1 Å². The van der Waals surface area contributed by atoms with E-state index in [1.807, 2.05) is 0 Å². The summed E-state index contributed by atoms with van der Waals surface area (Å²) in [6, 6.07) is 3.41. The van der Waals surface area contributed by atoms with E-state index in [0.29, 0.717) is 21.6 Å². The summed E-state index contributed by atoms with van der Waals surface area (Å²) in [6.45, 7) is 0.487. The molecule has 0 saturated heterocycles. The fraction of sp³-hybridized carbons (Fsp3) is 0.222. The van der Waals surface area contributed by atoms with Crippen LogP contribution in [0.15, 0.2) is 24.3 Å². The SMILES string of the molecule is O=C(NC/C=C/CCl)c1ccc(Cl)s1. The number of rotatable bonds is 4. The molecule has 5 heteroatoms. The van der Waals surface area contributed by atoms with Gasteiger partial charge in [-0.3, -0.25) is 4.79 Å². The normalized spacial score (nSPS) is 10.7. The highest BCUT2D eigenvalue weighted by molar-refractivity contribution is 7.17. The lowest BCUT2D eigenvalue weighted by Gasteiger charge is -1.97. The minimum absolute atomic E-state index is 0.110. The number of carbonyl (C=O) groups is 1. The Kier molecular flexibility index (Phi) is 5.01. The number of allylic oxidation sites excluding steroid dienone is 1. The minimum atomic E-state index is -0.110. The molecule has 0 saturated carbocycles. The van der Waals surface area contributed by atoms with Crippen molar-refractivity contribution >= 4 is 40.4 Å². The lowest BCUT2D eigenvalue weighted by Crippen LogP contribution is -2.22. The highest BCUT2D eigenvalue weighted by Gasteiger charge is 2.06. The summed E-state index contributed by atoms with van der Waals surface area (Å²) < 4.78 is 0.617. The first-order valence-electron chi connectivity index (χ1n) is 3.98. The van der Waals surface area contributed by atoms with E-state index in [0.717, 1.165) is 0 Å². The molecule has 1 aromatic rings. The van der Waals surface area contributed by atoms with Gasteiger partial charge in [0.2, 0.25) is 0 Å². The van der Waals surface area contributed by atoms with Gasteiger partial charge in [-0.15, -0.1) is 22.9 Å². The second kappa shape index (κ2) is 6.06. The van der Waals surface area contributed by atoms with Crippen molar-refractivity contribution in [2.24, 2.45) is 0 Å². The Bertz CT molecular complexity index is 335. The Labute approximate surface area is 96.5 Å². The summed E-state index contributed by atoms with van der Waals surface area (Å²) in [4.78, 5) is 12.0. The van der Waals surface area contributed by atoms with Gasteiger partial charge in [-0.1, -0.05) is 23.8 Å². The molecular formula is C9H9Cl2NOS. The van der Waals surface area contributed by atoms with E-state index in [1.165, 1.54) is 11.3 Å². The molecule has 76 valence electrons. The number of hydrogen-bond acceptors (Lipinski definition) is 2. The maximum atomic E-state index is 11.4. The van der Waals surface area contributed by atoms with E-state index in [1.54, 1.807) is 24.3 Å². The molecule has 1 N–H and O–H groups in total. The summed E-state index contributed by atoms with van der Waals surface area (Å²) in [5, 5.41) is 2.71. The first-order valence-corrected chi connectivity index (χ1v) is 5.71. The monoisotopic (exact) mass is 249 g/mol. The molecule has 0 aliphatic rings. The summed E-state index contributed by atoms with van der Waals surface area (Å²) in [6.07, 6.45) is 3.59. The number of halogens is 2. The smallest absolute Gasteiger partial charge is 0.261 e. The third-order valence-electron chi connectivity index (χ3n) is 1.43. The second-order valence-electron chi connectivity index (χ2n) is 2.44. The topological polar surface area (TPSA) is 29.1 Å². The van der Waals surface area contributed by atoms with Crippen molar-refractivity contribution in [1.82, 2.24) is 5.32 Å². The molecule has 1 aromatic heterocycles. The molecule has 1 heterocycles. The molecule has 0 aromatic carbocycles. The van der Waals surface area contributed by atoms with E-state index < -0.39 is 0 Å². The van der Waals surface area contributed by atoms with Crippen LogP contribution in [0.1, 0.15) is 9.67 Å². The predicted octanol–water partition coefficient (Wildman–Crippen LogP) is 2.93. The maximum absolute atomic E-state index is 11.4. The summed E-state index contributed by atoms with van der Waals surface area (Å²) in [5.41, 5.74) is 0. The summed E-state index contributed by atoms with van der Waals surface area (Å²) in [5.74, 6) is 0.349. The number of carbonyl (C=O) groups excluding carboxylic acids is 1. The number of nitrogens with one attached hydrogen (secondary N) is 1. The zero-order chi connectivity index (χ0) is 10.4. The van der Waals surface area contributed by atoms with Crippen molar-refractivity contribution in [2.75, 3.05) is 12.4 Å². The number of amides is 1. The van der Waals surface area contributed by atoms with Crippen LogP contribution in [0, 0.1) is 0 Å². The Morgan fingerprint density at radius 1 is 1.50 bits per heavy atom. The molecule has 0 spiro atoms. The molecule has 0 bridgehead atoms. The van der Waals surface area contributed by atoms with E-state index in [9.17, 15) is 4.79 Å². The van der Waals surface area contributed by atoms with Gasteiger partial charge in [0.25, 0.3) is 5.91 Å². The van der Waals surface area contributed by atoms with Gasteiger partial charge >= 0.3 is 0 Å². The van der Waals surface area contributed by atoms with Crippen molar-refractivity contribution in [3.63, 3.8) is 0 Å². The average molecular weight is 250 g/mol. The lowest BCUT2D eigenvalue weighted by atomic mass is 10.4. The van der Waals surface area contributed by atoms with Crippen LogP contribution in [0.3, 0.4) is 0 Å². The summed E-state index contributed by atoms with van der Waals surface area (Å²) in [7, 11) is 0. The zero-order valence-electron chi connectivity index (χ0n) is 7.30. The van der Waals surface area contributed by atoms with Crippen molar-refractivity contribution in [3.8, 4) is 0 Å². The fourth-order valence-electron chi connectivity index (χ4n) is 0.821. The van der Waals surface area contributed by atoms with E-state index >= 15 is 0 Å². The number of thiophene rings is 1. The first kappa shape index (κ1) is 11.6. The largest absolute Gasteiger partial charge is 0.348 e. The van der Waals surface area contributed by atoms with Gasteiger partial charge in [0.05, 0.1) is 9.21 Å². The van der Waals surface area contributed by atoms with Crippen LogP contribution >= 0.6 is 34.5 Å². The number of alkyl halides is 1. The van der Waals surface area contributed by atoms with E-state index in [4.69, 9.17) is 23.2 Å². The Balaban J connectivity index is 2.39. The molecule has 0 atom stereocenters. The molecule has 0 fully saturated rings. The van der Waals surface area contributed by atoms with Gasteiger partial charge < -0.3 is 5.32 Å². The van der Waals surface area contributed by atoms with E-state index in [-0.39, 0.29) is 5.91 Å². The lowest BCUT2D eigenvalue weighted by molar-refractivity contribution is 0.0962. The molecule has 14 heavy (non-hydrogen) atoms. The fourth-order valence-corrected chi connectivity index (χ4v) is 1.91. The second-order valence-corrected chi connectivity index (χ2v) is 4.46. The van der Waals surface area contributed by atoms with E-state index in [2.05, 4.69) is 5.32 Å². The molecule has 0 aliphatic carbocycles. The van der Waals surface area contributed by atoms with Gasteiger partial charge in [-0.2, -0.15) is 0 Å². The van der Waals surface area contributed by atoms with Crippen LogP contribution in [0.5, 0.6) is 0 Å². The molecular weight excluding hydrogens is 241 g/mol. The van der Waals surface area contributed by atoms with Gasteiger partial charge in [0, 0.05) is 12.4 Å². The highest BCUT2D eigenvalue weighted by atomic mass is 35.5. The Morgan fingerprint density at radius 3 is 2.86 bits per heavy atom. The maximum Gasteiger partial charge on any atom is 0.261 e.